The van der Waals surface area contributed by atoms with E-state index in [1.807, 2.05) is 30.5 Å². The molecule has 0 spiro atoms. The Hall–Kier alpha value is -2.30. The van der Waals surface area contributed by atoms with Crippen molar-refractivity contribution in [3.63, 3.8) is 0 Å². The fourth-order valence-electron chi connectivity index (χ4n) is 3.30. The number of carbonyl (C=O) groups is 2. The third-order valence-corrected chi connectivity index (χ3v) is 4.49. The van der Waals surface area contributed by atoms with Gasteiger partial charge in [-0.25, -0.2) is 0 Å². The standard InChI is InChI=1S/C18H23N3O2/c1-18(2,3)16-14(7-8-15(22)21-16)20-17(23)12-5-4-6-13-11(12)9-10-19-13/h4-6,9-10,14,16,19H,7-8H2,1-3H3,(H,20,23)(H,21,22)/t14-,16-/m1/s1. The Bertz CT molecular complexity index is 742. The minimum atomic E-state index is -0.117. The second-order valence-electron chi connectivity index (χ2n) is 7.27. The lowest BCUT2D eigenvalue weighted by Crippen LogP contribution is -2.60. The molecule has 3 N–H and O–H groups in total. The maximum Gasteiger partial charge on any atom is 0.252 e. The first-order valence-corrected chi connectivity index (χ1v) is 8.02. The highest BCUT2D eigenvalue weighted by Gasteiger charge is 2.37. The number of nitrogens with one attached hydrogen (secondary N) is 3. The molecule has 122 valence electrons. The van der Waals surface area contributed by atoms with E-state index in [2.05, 4.69) is 36.4 Å². The van der Waals surface area contributed by atoms with Crippen molar-refractivity contribution in [1.29, 1.82) is 0 Å². The molecule has 0 saturated carbocycles. The Morgan fingerprint density at radius 3 is 2.78 bits per heavy atom. The average Bonchev–Trinajstić information content (AvgIpc) is 2.96. The number of benzene rings is 1. The molecule has 0 unspecified atom stereocenters. The number of piperidine rings is 1. The Morgan fingerprint density at radius 1 is 1.26 bits per heavy atom. The Kier molecular flexibility index (Phi) is 3.88. The minimum absolute atomic E-state index is 0.0585. The zero-order valence-corrected chi connectivity index (χ0v) is 13.8. The summed E-state index contributed by atoms with van der Waals surface area (Å²) in [5, 5.41) is 7.08. The highest BCUT2D eigenvalue weighted by Crippen LogP contribution is 2.27. The molecule has 5 heteroatoms. The van der Waals surface area contributed by atoms with E-state index < -0.39 is 0 Å². The molecular weight excluding hydrogens is 290 g/mol. The first kappa shape index (κ1) is 15.6. The summed E-state index contributed by atoms with van der Waals surface area (Å²) < 4.78 is 0. The average molecular weight is 313 g/mol. The molecule has 1 saturated heterocycles. The van der Waals surface area contributed by atoms with Crippen LogP contribution < -0.4 is 10.6 Å². The van der Waals surface area contributed by atoms with Crippen LogP contribution in [-0.4, -0.2) is 28.9 Å². The molecule has 1 fully saturated rings. The van der Waals surface area contributed by atoms with Crippen LogP contribution in [0.25, 0.3) is 10.9 Å². The Morgan fingerprint density at radius 2 is 2.04 bits per heavy atom. The zero-order chi connectivity index (χ0) is 16.6. The number of carbonyl (C=O) groups excluding carboxylic acids is 2. The lowest BCUT2D eigenvalue weighted by atomic mass is 9.78. The first-order valence-electron chi connectivity index (χ1n) is 8.02. The van der Waals surface area contributed by atoms with Crippen molar-refractivity contribution >= 4 is 22.7 Å². The van der Waals surface area contributed by atoms with Crippen LogP contribution >= 0.6 is 0 Å². The molecule has 2 atom stereocenters. The lowest BCUT2D eigenvalue weighted by Gasteiger charge is -2.41. The smallest absolute Gasteiger partial charge is 0.252 e. The van der Waals surface area contributed by atoms with Gasteiger partial charge in [-0.1, -0.05) is 26.8 Å². The van der Waals surface area contributed by atoms with Crippen LogP contribution in [0.3, 0.4) is 0 Å². The van der Waals surface area contributed by atoms with Crippen LogP contribution in [0, 0.1) is 5.41 Å². The van der Waals surface area contributed by atoms with Crippen LogP contribution in [0.4, 0.5) is 0 Å². The summed E-state index contributed by atoms with van der Waals surface area (Å²) in [5.41, 5.74) is 1.49. The highest BCUT2D eigenvalue weighted by atomic mass is 16.2. The number of hydrogen-bond donors (Lipinski definition) is 3. The van der Waals surface area contributed by atoms with E-state index >= 15 is 0 Å². The van der Waals surface area contributed by atoms with Gasteiger partial charge in [0.1, 0.15) is 0 Å². The topological polar surface area (TPSA) is 74.0 Å². The number of aromatic nitrogens is 1. The molecule has 0 radical (unpaired) electrons. The number of amides is 2. The quantitative estimate of drug-likeness (QED) is 0.797. The number of fused-ring (bicyclic) bond motifs is 1. The third kappa shape index (κ3) is 3.09. The molecule has 2 heterocycles. The summed E-state index contributed by atoms with van der Waals surface area (Å²) in [4.78, 5) is 27.6. The molecule has 0 bridgehead atoms. The van der Waals surface area contributed by atoms with Gasteiger partial charge in [-0.05, 0) is 30.0 Å². The van der Waals surface area contributed by atoms with Crippen LogP contribution in [0.15, 0.2) is 30.5 Å². The fraction of sp³-hybridized carbons (Fsp3) is 0.444. The van der Waals surface area contributed by atoms with E-state index in [-0.39, 0.29) is 29.3 Å². The largest absolute Gasteiger partial charge is 0.361 e. The monoisotopic (exact) mass is 313 g/mol. The maximum atomic E-state index is 12.7. The minimum Gasteiger partial charge on any atom is -0.361 e. The molecule has 0 aliphatic carbocycles. The highest BCUT2D eigenvalue weighted by molar-refractivity contribution is 6.06. The zero-order valence-electron chi connectivity index (χ0n) is 13.8. The lowest BCUT2D eigenvalue weighted by molar-refractivity contribution is -0.125. The summed E-state index contributed by atoms with van der Waals surface area (Å²) in [6.07, 6.45) is 2.95. The number of hydrogen-bond acceptors (Lipinski definition) is 2. The van der Waals surface area contributed by atoms with Crippen molar-refractivity contribution in [3.05, 3.63) is 36.0 Å². The molecule has 23 heavy (non-hydrogen) atoms. The van der Waals surface area contributed by atoms with Crippen LogP contribution in [0.5, 0.6) is 0 Å². The van der Waals surface area contributed by atoms with Gasteiger partial charge in [0.15, 0.2) is 0 Å². The predicted octanol–water partition coefficient (Wildman–Crippen LogP) is 2.59. The molecule has 5 nitrogen and oxygen atoms in total. The van der Waals surface area contributed by atoms with Gasteiger partial charge in [-0.2, -0.15) is 0 Å². The summed E-state index contributed by atoms with van der Waals surface area (Å²) >= 11 is 0. The first-order chi connectivity index (χ1) is 10.9. The summed E-state index contributed by atoms with van der Waals surface area (Å²) in [6.45, 7) is 6.24. The fourth-order valence-corrected chi connectivity index (χ4v) is 3.30. The van der Waals surface area contributed by atoms with Gasteiger partial charge >= 0.3 is 0 Å². The van der Waals surface area contributed by atoms with Crippen LogP contribution in [0.2, 0.25) is 0 Å². The normalized spacial score (nSPS) is 22.0. The van der Waals surface area contributed by atoms with Gasteiger partial charge in [-0.3, -0.25) is 9.59 Å². The summed E-state index contributed by atoms with van der Waals surface area (Å²) in [5.74, 6) is -0.0336. The summed E-state index contributed by atoms with van der Waals surface area (Å²) in [6, 6.07) is 7.43. The number of aromatic amines is 1. The Labute approximate surface area is 135 Å². The second kappa shape index (κ2) is 5.72. The molecule has 3 rings (SSSR count). The molecule has 1 aromatic carbocycles. The van der Waals surface area contributed by atoms with Gasteiger partial charge in [0.2, 0.25) is 5.91 Å². The van der Waals surface area contributed by atoms with Crippen molar-refractivity contribution in [3.8, 4) is 0 Å². The van der Waals surface area contributed by atoms with Crippen molar-refractivity contribution in [1.82, 2.24) is 15.6 Å². The summed E-state index contributed by atoms with van der Waals surface area (Å²) in [7, 11) is 0. The Balaban J connectivity index is 1.83. The molecule has 2 amide bonds. The van der Waals surface area contributed by atoms with E-state index in [1.165, 1.54) is 0 Å². The van der Waals surface area contributed by atoms with Gasteiger partial charge in [0.05, 0.1) is 12.1 Å². The van der Waals surface area contributed by atoms with E-state index in [0.717, 1.165) is 10.9 Å². The number of H-pyrrole nitrogens is 1. The van der Waals surface area contributed by atoms with E-state index in [4.69, 9.17) is 0 Å². The van der Waals surface area contributed by atoms with Crippen molar-refractivity contribution in [2.45, 2.75) is 45.7 Å². The molecular formula is C18H23N3O2. The maximum absolute atomic E-state index is 12.7. The van der Waals surface area contributed by atoms with Crippen molar-refractivity contribution < 1.29 is 9.59 Å². The predicted molar refractivity (Wildman–Crippen MR) is 90.2 cm³/mol. The molecule has 1 aliphatic heterocycles. The second-order valence-corrected chi connectivity index (χ2v) is 7.27. The van der Waals surface area contributed by atoms with Crippen molar-refractivity contribution in [2.75, 3.05) is 0 Å². The van der Waals surface area contributed by atoms with Gasteiger partial charge < -0.3 is 15.6 Å². The van der Waals surface area contributed by atoms with Gasteiger partial charge in [0, 0.05) is 29.1 Å². The van der Waals surface area contributed by atoms with E-state index in [9.17, 15) is 9.59 Å². The van der Waals surface area contributed by atoms with Gasteiger partial charge in [0.25, 0.3) is 5.91 Å². The van der Waals surface area contributed by atoms with Crippen LogP contribution in [-0.2, 0) is 4.79 Å². The molecule has 1 aromatic heterocycles. The molecule has 1 aliphatic rings. The number of rotatable bonds is 2. The van der Waals surface area contributed by atoms with E-state index in [0.29, 0.717) is 18.4 Å². The third-order valence-electron chi connectivity index (χ3n) is 4.49. The van der Waals surface area contributed by atoms with Crippen LogP contribution in [0.1, 0.15) is 44.0 Å². The van der Waals surface area contributed by atoms with Crippen molar-refractivity contribution in [2.24, 2.45) is 5.41 Å². The van der Waals surface area contributed by atoms with E-state index in [1.54, 1.807) is 0 Å². The van der Waals surface area contributed by atoms with Gasteiger partial charge in [-0.15, -0.1) is 0 Å². The molecule has 2 aromatic rings. The SMILES string of the molecule is CC(C)(C)[C@@H]1NC(=O)CC[C@H]1NC(=O)c1cccc2[nH]ccc12.